The third-order valence-electron chi connectivity index (χ3n) is 5.08. The van der Waals surface area contributed by atoms with E-state index in [0.717, 1.165) is 70.9 Å². The lowest BCUT2D eigenvalue weighted by Gasteiger charge is -2.30. The van der Waals surface area contributed by atoms with Crippen LogP contribution in [0.5, 0.6) is 0 Å². The Hall–Kier alpha value is -1.60. The Morgan fingerprint density at radius 2 is 2.15 bits per heavy atom. The number of piperidine rings is 1. The van der Waals surface area contributed by atoms with E-state index >= 15 is 0 Å². The van der Waals surface area contributed by atoms with Crippen LogP contribution in [0.3, 0.4) is 0 Å². The van der Waals surface area contributed by atoms with Crippen LogP contribution < -0.4 is 16.4 Å². The predicted octanol–water partition coefficient (Wildman–Crippen LogP) is 2.38. The number of thiophene rings is 1. The highest BCUT2D eigenvalue weighted by atomic mass is 32.1. The lowest BCUT2D eigenvalue weighted by atomic mass is 9.96. The molecule has 2 heterocycles. The van der Waals surface area contributed by atoms with Crippen molar-refractivity contribution in [1.82, 2.24) is 15.5 Å². The number of nitrogens with zero attached hydrogens (tertiary/aromatic N) is 2. The molecule has 0 radical (unpaired) electrons. The molecule has 7 heteroatoms. The summed E-state index contributed by atoms with van der Waals surface area (Å²) in [5.74, 6) is 1.30. The smallest absolute Gasteiger partial charge is 0.220 e. The molecule has 1 atom stereocenters. The van der Waals surface area contributed by atoms with Crippen LogP contribution in [-0.4, -0.2) is 56.0 Å². The lowest BCUT2D eigenvalue weighted by Crippen LogP contribution is -2.39. The Labute approximate surface area is 167 Å². The summed E-state index contributed by atoms with van der Waals surface area (Å²) >= 11 is 1.80. The van der Waals surface area contributed by atoms with Gasteiger partial charge in [-0.15, -0.1) is 11.3 Å². The first-order valence-corrected chi connectivity index (χ1v) is 11.0. The Kier molecular flexibility index (Phi) is 9.62. The molecule has 1 aliphatic rings. The van der Waals surface area contributed by atoms with Gasteiger partial charge in [0, 0.05) is 29.8 Å². The first-order chi connectivity index (χ1) is 13.1. The van der Waals surface area contributed by atoms with Gasteiger partial charge in [0.2, 0.25) is 5.91 Å². The fourth-order valence-electron chi connectivity index (χ4n) is 3.34. The molecule has 0 aliphatic carbocycles. The van der Waals surface area contributed by atoms with Crippen LogP contribution in [0.25, 0.3) is 0 Å². The molecule has 27 heavy (non-hydrogen) atoms. The SMILES string of the molecule is CCNC(=NCC(C)c1cccs1)NCCCCN1CCC(C(N)=O)CC1. The third-order valence-corrected chi connectivity index (χ3v) is 6.18. The first-order valence-electron chi connectivity index (χ1n) is 10.2. The maximum absolute atomic E-state index is 11.2. The van der Waals surface area contributed by atoms with Crippen LogP contribution in [-0.2, 0) is 4.79 Å². The van der Waals surface area contributed by atoms with Crippen molar-refractivity contribution in [3.63, 3.8) is 0 Å². The number of aliphatic imine (C=N–C) groups is 1. The normalized spacial score (nSPS) is 17.6. The molecule has 1 unspecified atom stereocenters. The first kappa shape index (κ1) is 21.7. The maximum atomic E-state index is 11.2. The van der Waals surface area contributed by atoms with Crippen molar-refractivity contribution in [2.24, 2.45) is 16.6 Å². The van der Waals surface area contributed by atoms with Gasteiger partial charge in [-0.25, -0.2) is 0 Å². The van der Waals surface area contributed by atoms with Crippen LogP contribution in [0.2, 0.25) is 0 Å². The minimum atomic E-state index is -0.137. The molecule has 152 valence electrons. The van der Waals surface area contributed by atoms with Crippen LogP contribution in [0, 0.1) is 5.92 Å². The van der Waals surface area contributed by atoms with Gasteiger partial charge in [-0.3, -0.25) is 9.79 Å². The predicted molar refractivity (Wildman–Crippen MR) is 114 cm³/mol. The van der Waals surface area contributed by atoms with E-state index in [0.29, 0.717) is 5.92 Å². The Balaban J connectivity index is 1.61. The van der Waals surface area contributed by atoms with Gasteiger partial charge < -0.3 is 21.3 Å². The van der Waals surface area contributed by atoms with Crippen LogP contribution in [0.15, 0.2) is 22.5 Å². The zero-order valence-corrected chi connectivity index (χ0v) is 17.6. The second-order valence-corrected chi connectivity index (χ2v) is 8.27. The van der Waals surface area contributed by atoms with Crippen molar-refractivity contribution in [3.05, 3.63) is 22.4 Å². The number of carbonyl (C=O) groups is 1. The molecule has 6 nitrogen and oxygen atoms in total. The van der Waals surface area contributed by atoms with Gasteiger partial charge in [0.05, 0.1) is 6.54 Å². The number of rotatable bonds is 10. The molecule has 0 aromatic carbocycles. The van der Waals surface area contributed by atoms with Gasteiger partial charge in [0.15, 0.2) is 5.96 Å². The van der Waals surface area contributed by atoms with Gasteiger partial charge >= 0.3 is 0 Å². The summed E-state index contributed by atoms with van der Waals surface area (Å²) in [4.78, 5) is 19.8. The van der Waals surface area contributed by atoms with Crippen LogP contribution in [0.1, 0.15) is 50.3 Å². The summed E-state index contributed by atoms with van der Waals surface area (Å²) in [5, 5.41) is 8.89. The maximum Gasteiger partial charge on any atom is 0.220 e. The van der Waals surface area contributed by atoms with E-state index in [2.05, 4.69) is 46.9 Å². The highest BCUT2D eigenvalue weighted by molar-refractivity contribution is 7.10. The van der Waals surface area contributed by atoms with E-state index in [1.54, 1.807) is 11.3 Å². The van der Waals surface area contributed by atoms with Crippen LogP contribution >= 0.6 is 11.3 Å². The monoisotopic (exact) mass is 393 g/mol. The van der Waals surface area contributed by atoms with Gasteiger partial charge in [-0.2, -0.15) is 0 Å². The number of hydrogen-bond donors (Lipinski definition) is 3. The summed E-state index contributed by atoms with van der Waals surface area (Å²) in [6.07, 6.45) is 4.08. The highest BCUT2D eigenvalue weighted by Gasteiger charge is 2.22. The largest absolute Gasteiger partial charge is 0.369 e. The number of guanidine groups is 1. The molecule has 1 aromatic rings. The Bertz CT molecular complexity index is 567. The summed E-state index contributed by atoms with van der Waals surface area (Å²) in [6, 6.07) is 4.28. The molecule has 2 rings (SSSR count). The highest BCUT2D eigenvalue weighted by Crippen LogP contribution is 2.20. The molecule has 1 amide bonds. The van der Waals surface area contributed by atoms with E-state index in [9.17, 15) is 4.79 Å². The minimum absolute atomic E-state index is 0.0818. The topological polar surface area (TPSA) is 82.8 Å². The van der Waals surface area contributed by atoms with E-state index in [-0.39, 0.29) is 11.8 Å². The average molecular weight is 394 g/mol. The minimum Gasteiger partial charge on any atom is -0.369 e. The number of hydrogen-bond acceptors (Lipinski definition) is 4. The van der Waals surface area contributed by atoms with Gasteiger partial charge in [-0.05, 0) is 63.7 Å². The van der Waals surface area contributed by atoms with Crippen molar-refractivity contribution < 1.29 is 4.79 Å². The number of nitrogens with one attached hydrogen (secondary N) is 2. The van der Waals surface area contributed by atoms with E-state index in [1.807, 2.05) is 0 Å². The van der Waals surface area contributed by atoms with Crippen molar-refractivity contribution >= 4 is 23.2 Å². The molecule has 1 aromatic heterocycles. The lowest BCUT2D eigenvalue weighted by molar-refractivity contribution is -0.123. The van der Waals surface area contributed by atoms with Crippen molar-refractivity contribution in [2.45, 2.75) is 45.4 Å². The van der Waals surface area contributed by atoms with Gasteiger partial charge in [0.25, 0.3) is 0 Å². The molecule has 0 saturated carbocycles. The number of unbranched alkanes of at least 4 members (excludes halogenated alkanes) is 1. The number of nitrogens with two attached hydrogens (primary N) is 1. The van der Waals surface area contributed by atoms with Gasteiger partial charge in [0.1, 0.15) is 0 Å². The quantitative estimate of drug-likeness (QED) is 0.324. The van der Waals surface area contributed by atoms with E-state index in [1.165, 1.54) is 4.88 Å². The molecule has 1 saturated heterocycles. The zero-order chi connectivity index (χ0) is 19.5. The molecular weight excluding hydrogens is 358 g/mol. The number of amides is 1. The number of carbonyl (C=O) groups excluding carboxylic acids is 1. The van der Waals surface area contributed by atoms with Crippen LogP contribution in [0.4, 0.5) is 0 Å². The summed E-state index contributed by atoms with van der Waals surface area (Å²) in [6.45, 7) is 9.99. The fourth-order valence-corrected chi connectivity index (χ4v) is 4.12. The summed E-state index contributed by atoms with van der Waals surface area (Å²) in [5.41, 5.74) is 5.39. The second kappa shape index (κ2) is 12.0. The van der Waals surface area contributed by atoms with E-state index in [4.69, 9.17) is 10.7 Å². The molecular formula is C20H35N5OS. The number of primary amides is 1. The third kappa shape index (κ3) is 7.89. The van der Waals surface area contributed by atoms with Crippen molar-refractivity contribution in [2.75, 3.05) is 39.3 Å². The molecule has 0 spiro atoms. The number of likely N-dealkylation sites (tertiary alicyclic amines) is 1. The Morgan fingerprint density at radius 3 is 2.78 bits per heavy atom. The van der Waals surface area contributed by atoms with Crippen molar-refractivity contribution in [1.29, 1.82) is 0 Å². The van der Waals surface area contributed by atoms with Crippen molar-refractivity contribution in [3.8, 4) is 0 Å². The Morgan fingerprint density at radius 1 is 1.37 bits per heavy atom. The fraction of sp³-hybridized carbons (Fsp3) is 0.700. The average Bonchev–Trinajstić information content (AvgIpc) is 3.20. The zero-order valence-electron chi connectivity index (χ0n) is 16.7. The van der Waals surface area contributed by atoms with E-state index < -0.39 is 0 Å². The molecule has 1 aliphatic heterocycles. The standard InChI is InChI=1S/C20H35N5OS/c1-3-22-20(24-15-16(2)18-7-6-14-27-18)23-10-4-5-11-25-12-8-17(9-13-25)19(21)26/h6-7,14,16-17H,3-5,8-13,15H2,1-2H3,(H2,21,26)(H2,22,23,24). The molecule has 0 bridgehead atoms. The summed E-state index contributed by atoms with van der Waals surface area (Å²) < 4.78 is 0. The second-order valence-electron chi connectivity index (χ2n) is 7.29. The summed E-state index contributed by atoms with van der Waals surface area (Å²) in [7, 11) is 0. The van der Waals surface area contributed by atoms with Gasteiger partial charge in [-0.1, -0.05) is 13.0 Å². The molecule has 1 fully saturated rings. The molecule has 4 N–H and O–H groups in total.